The molecule has 1 saturated heterocycles. The van der Waals surface area contributed by atoms with Gasteiger partial charge in [0.05, 0.1) is 18.5 Å². The third kappa shape index (κ3) is 4.82. The Morgan fingerprint density at radius 1 is 1.24 bits per heavy atom. The van der Waals surface area contributed by atoms with E-state index >= 15 is 0 Å². The molecule has 1 amide bonds. The normalized spacial score (nSPS) is 15.8. The monoisotopic (exact) mass is 467 g/mol. The molecule has 3 aromatic rings. The Kier molecular flexibility index (Phi) is 7.14. The second-order valence-electron chi connectivity index (χ2n) is 8.89. The number of hydrogen-bond donors (Lipinski definition) is 1. The van der Waals surface area contributed by atoms with Crippen LogP contribution in [0.5, 0.6) is 5.75 Å². The summed E-state index contributed by atoms with van der Waals surface area (Å²) in [7, 11) is 5.74. The smallest absolute Gasteiger partial charge is 0.223 e. The molecule has 0 saturated carbocycles. The van der Waals surface area contributed by atoms with Crippen molar-refractivity contribution in [2.24, 2.45) is 5.92 Å². The highest BCUT2D eigenvalue weighted by Crippen LogP contribution is 2.35. The number of rotatable bonds is 7. The van der Waals surface area contributed by atoms with Gasteiger partial charge in [-0.05, 0) is 52.4 Å². The molecule has 7 nitrogen and oxygen atoms in total. The minimum absolute atomic E-state index is 0.0179. The van der Waals surface area contributed by atoms with Crippen molar-refractivity contribution in [3.8, 4) is 5.75 Å². The summed E-state index contributed by atoms with van der Waals surface area (Å²) >= 11 is 1.72. The van der Waals surface area contributed by atoms with Crippen LogP contribution in [-0.4, -0.2) is 61.6 Å². The van der Waals surface area contributed by atoms with Crippen LogP contribution in [0.25, 0.3) is 10.2 Å². The van der Waals surface area contributed by atoms with Crippen molar-refractivity contribution in [3.63, 3.8) is 0 Å². The molecule has 1 aliphatic rings. The number of fused-ring (bicyclic) bond motifs is 1. The van der Waals surface area contributed by atoms with Crippen LogP contribution in [0.2, 0.25) is 0 Å². The SMILES string of the molecule is COc1ccccc1C(CNC(=O)C1CCN(c2ncnc3sc(C)c(C)c23)CC1)N(C)C. The Morgan fingerprint density at radius 3 is 2.67 bits per heavy atom. The lowest BCUT2D eigenvalue weighted by atomic mass is 9.95. The van der Waals surface area contributed by atoms with Gasteiger partial charge in [0.2, 0.25) is 5.91 Å². The molecule has 0 aliphatic carbocycles. The standard InChI is InChI=1S/C25H33N5O2S/c1-16-17(2)33-25-22(16)23(27-15-28-25)30-12-10-18(11-13-30)24(31)26-14-20(29(3)4)19-8-6-7-9-21(19)32-5/h6-9,15,18,20H,10-14H2,1-5H3,(H,26,31). The van der Waals surface area contributed by atoms with E-state index in [4.69, 9.17) is 4.74 Å². The van der Waals surface area contributed by atoms with Gasteiger partial charge in [-0.3, -0.25) is 4.79 Å². The van der Waals surface area contributed by atoms with E-state index in [-0.39, 0.29) is 17.9 Å². The van der Waals surface area contributed by atoms with Crippen LogP contribution in [0.15, 0.2) is 30.6 Å². The van der Waals surface area contributed by atoms with Gasteiger partial charge >= 0.3 is 0 Å². The number of carbonyl (C=O) groups excluding carboxylic acids is 1. The predicted octanol–water partition coefficient (Wildman–Crippen LogP) is 3.95. The summed E-state index contributed by atoms with van der Waals surface area (Å²) in [4.78, 5) is 28.8. The first-order valence-corrected chi connectivity index (χ1v) is 12.2. The van der Waals surface area contributed by atoms with E-state index in [1.807, 2.05) is 32.3 Å². The lowest BCUT2D eigenvalue weighted by Gasteiger charge is -2.33. The summed E-state index contributed by atoms with van der Waals surface area (Å²) in [5.74, 6) is 1.99. The second-order valence-corrected chi connectivity index (χ2v) is 10.1. The number of methoxy groups -OCH3 is 1. The van der Waals surface area contributed by atoms with Crippen LogP contribution in [0.1, 0.15) is 34.9 Å². The number of aromatic nitrogens is 2. The quantitative estimate of drug-likeness (QED) is 0.567. The first-order valence-electron chi connectivity index (χ1n) is 11.4. The Morgan fingerprint density at radius 2 is 1.97 bits per heavy atom. The molecule has 8 heteroatoms. The van der Waals surface area contributed by atoms with Crippen molar-refractivity contribution in [2.75, 3.05) is 45.7 Å². The van der Waals surface area contributed by atoms with E-state index in [1.54, 1.807) is 24.8 Å². The highest BCUT2D eigenvalue weighted by Gasteiger charge is 2.28. The van der Waals surface area contributed by atoms with Gasteiger partial charge in [-0.25, -0.2) is 9.97 Å². The van der Waals surface area contributed by atoms with Gasteiger partial charge in [0, 0.05) is 36.0 Å². The fourth-order valence-corrected chi connectivity index (χ4v) is 5.60. The van der Waals surface area contributed by atoms with Crippen LogP contribution in [0.3, 0.4) is 0 Å². The average Bonchev–Trinajstić information content (AvgIpc) is 3.12. The van der Waals surface area contributed by atoms with Crippen LogP contribution in [-0.2, 0) is 4.79 Å². The molecule has 1 aromatic carbocycles. The fraction of sp³-hybridized carbons (Fsp3) is 0.480. The third-order valence-electron chi connectivity index (χ3n) is 6.70. The van der Waals surface area contributed by atoms with Crippen LogP contribution >= 0.6 is 11.3 Å². The number of ether oxygens (including phenoxy) is 1. The third-order valence-corrected chi connectivity index (χ3v) is 7.82. The Bertz CT molecular complexity index is 1120. The largest absolute Gasteiger partial charge is 0.496 e. The summed E-state index contributed by atoms with van der Waals surface area (Å²) in [5.41, 5.74) is 2.34. The molecule has 3 heterocycles. The minimum atomic E-state index is 0.0179. The van der Waals surface area contributed by atoms with Gasteiger partial charge in [0.25, 0.3) is 0 Å². The molecular formula is C25H33N5O2S. The number of nitrogens with one attached hydrogen (secondary N) is 1. The summed E-state index contributed by atoms with van der Waals surface area (Å²) in [6.07, 6.45) is 3.30. The number of hydrogen-bond acceptors (Lipinski definition) is 7. The number of carbonyl (C=O) groups is 1. The second kappa shape index (κ2) is 10.1. The number of benzene rings is 1. The van der Waals surface area contributed by atoms with E-state index in [9.17, 15) is 4.79 Å². The van der Waals surface area contributed by atoms with Crippen LogP contribution in [0, 0.1) is 19.8 Å². The molecule has 1 atom stereocenters. The topological polar surface area (TPSA) is 70.6 Å². The Balaban J connectivity index is 1.39. The van der Waals surface area contributed by atoms with Gasteiger partial charge in [0.1, 0.15) is 22.7 Å². The first-order chi connectivity index (χ1) is 15.9. The molecule has 0 radical (unpaired) electrons. The molecular weight excluding hydrogens is 434 g/mol. The predicted molar refractivity (Wildman–Crippen MR) is 134 cm³/mol. The summed E-state index contributed by atoms with van der Waals surface area (Å²) in [6.45, 7) is 6.47. The number of thiophene rings is 1. The molecule has 0 spiro atoms. The molecule has 1 aliphatic heterocycles. The molecule has 4 rings (SSSR count). The zero-order chi connectivity index (χ0) is 23.5. The van der Waals surface area contributed by atoms with Crippen LogP contribution < -0.4 is 15.0 Å². The van der Waals surface area contributed by atoms with E-state index in [1.165, 1.54) is 10.4 Å². The summed E-state index contributed by atoms with van der Waals surface area (Å²) in [5, 5.41) is 4.36. The van der Waals surface area contributed by atoms with Gasteiger partial charge < -0.3 is 19.9 Å². The van der Waals surface area contributed by atoms with Gasteiger partial charge in [0.15, 0.2) is 0 Å². The highest BCUT2D eigenvalue weighted by atomic mass is 32.1. The number of likely N-dealkylation sites (N-methyl/N-ethyl adjacent to an activating group) is 1. The molecule has 33 heavy (non-hydrogen) atoms. The number of aryl methyl sites for hydroxylation is 2. The van der Waals surface area contributed by atoms with Gasteiger partial charge in [-0.2, -0.15) is 0 Å². The molecule has 1 N–H and O–H groups in total. The van der Waals surface area contributed by atoms with Crippen molar-refractivity contribution in [1.29, 1.82) is 0 Å². The number of amides is 1. The molecule has 0 bridgehead atoms. The molecule has 176 valence electrons. The summed E-state index contributed by atoms with van der Waals surface area (Å²) in [6, 6.07) is 8.04. The number of para-hydroxylation sites is 1. The average molecular weight is 468 g/mol. The zero-order valence-corrected chi connectivity index (χ0v) is 20.9. The number of nitrogens with zero attached hydrogens (tertiary/aromatic N) is 4. The van der Waals surface area contributed by atoms with E-state index < -0.39 is 0 Å². The number of piperidine rings is 1. The zero-order valence-electron chi connectivity index (χ0n) is 20.1. The maximum atomic E-state index is 13.0. The van der Waals surface area contributed by atoms with Crippen molar-refractivity contribution in [3.05, 3.63) is 46.6 Å². The van der Waals surface area contributed by atoms with Crippen LogP contribution in [0.4, 0.5) is 5.82 Å². The maximum Gasteiger partial charge on any atom is 0.223 e. The maximum absolute atomic E-state index is 13.0. The number of anilines is 1. The van der Waals surface area contributed by atoms with E-state index in [0.717, 1.165) is 53.3 Å². The summed E-state index contributed by atoms with van der Waals surface area (Å²) < 4.78 is 5.54. The Hall–Kier alpha value is -2.71. The Labute approximate surface area is 199 Å². The minimum Gasteiger partial charge on any atom is -0.496 e. The van der Waals surface area contributed by atoms with E-state index in [2.05, 4.69) is 45.0 Å². The van der Waals surface area contributed by atoms with E-state index in [0.29, 0.717) is 6.54 Å². The van der Waals surface area contributed by atoms with Crippen molar-refractivity contribution in [1.82, 2.24) is 20.2 Å². The van der Waals surface area contributed by atoms with Crippen molar-refractivity contribution >= 4 is 33.3 Å². The van der Waals surface area contributed by atoms with Crippen molar-refractivity contribution < 1.29 is 9.53 Å². The first kappa shape index (κ1) is 23.4. The van der Waals surface area contributed by atoms with Crippen molar-refractivity contribution in [2.45, 2.75) is 32.7 Å². The lowest BCUT2D eigenvalue weighted by molar-refractivity contribution is -0.125. The molecule has 1 fully saturated rings. The molecule has 1 unspecified atom stereocenters. The highest BCUT2D eigenvalue weighted by molar-refractivity contribution is 7.18. The molecule has 2 aromatic heterocycles. The lowest BCUT2D eigenvalue weighted by Crippen LogP contribution is -2.43. The fourth-order valence-electron chi connectivity index (χ4n) is 4.61. The van der Waals surface area contributed by atoms with Gasteiger partial charge in [-0.1, -0.05) is 18.2 Å². The van der Waals surface area contributed by atoms with Gasteiger partial charge in [-0.15, -0.1) is 11.3 Å².